The first-order chi connectivity index (χ1) is 14.3. The zero-order chi connectivity index (χ0) is 21.4. The van der Waals surface area contributed by atoms with E-state index in [1.165, 1.54) is 12.1 Å². The SMILES string of the molecule is CC1(NC2C=CNCC2)CC(c2ccc(C(F)(F)F)c(C#N)c2)=Cc2ccncc21. The van der Waals surface area contributed by atoms with Gasteiger partial charge in [0.15, 0.2) is 0 Å². The Morgan fingerprint density at radius 2 is 2.13 bits per heavy atom. The minimum Gasteiger partial charge on any atom is -0.391 e. The molecule has 2 aliphatic rings. The number of alkyl halides is 3. The summed E-state index contributed by atoms with van der Waals surface area (Å²) in [6.45, 7) is 2.96. The molecule has 1 aliphatic heterocycles. The molecule has 154 valence electrons. The highest BCUT2D eigenvalue weighted by molar-refractivity contribution is 5.86. The van der Waals surface area contributed by atoms with Crippen LogP contribution in [-0.2, 0) is 11.7 Å². The Labute approximate surface area is 173 Å². The Morgan fingerprint density at radius 3 is 2.83 bits per heavy atom. The molecule has 2 atom stereocenters. The van der Waals surface area contributed by atoms with Gasteiger partial charge >= 0.3 is 6.18 Å². The molecule has 0 saturated heterocycles. The molecule has 1 aromatic carbocycles. The van der Waals surface area contributed by atoms with Gasteiger partial charge in [0, 0.05) is 30.5 Å². The summed E-state index contributed by atoms with van der Waals surface area (Å²) in [6, 6.07) is 7.56. The lowest BCUT2D eigenvalue weighted by Gasteiger charge is -2.39. The average molecular weight is 410 g/mol. The number of nitrogens with one attached hydrogen (secondary N) is 2. The van der Waals surface area contributed by atoms with Crippen molar-refractivity contribution in [1.82, 2.24) is 15.6 Å². The highest BCUT2D eigenvalue weighted by Gasteiger charge is 2.37. The van der Waals surface area contributed by atoms with Crippen LogP contribution in [0.25, 0.3) is 11.6 Å². The van der Waals surface area contributed by atoms with E-state index in [4.69, 9.17) is 0 Å². The average Bonchev–Trinajstić information content (AvgIpc) is 2.73. The highest BCUT2D eigenvalue weighted by atomic mass is 19.4. The third-order valence-corrected chi connectivity index (χ3v) is 5.69. The van der Waals surface area contributed by atoms with Gasteiger partial charge in [-0.1, -0.05) is 18.2 Å². The van der Waals surface area contributed by atoms with Gasteiger partial charge in [-0.25, -0.2) is 0 Å². The van der Waals surface area contributed by atoms with Crippen LogP contribution in [0.5, 0.6) is 0 Å². The zero-order valence-corrected chi connectivity index (χ0v) is 16.4. The summed E-state index contributed by atoms with van der Waals surface area (Å²) in [6.07, 6.45) is 6.48. The number of halogens is 3. The molecule has 0 amide bonds. The topological polar surface area (TPSA) is 60.7 Å². The monoisotopic (exact) mass is 410 g/mol. The van der Waals surface area contributed by atoms with Crippen molar-refractivity contribution in [3.05, 3.63) is 76.8 Å². The molecule has 0 saturated carbocycles. The van der Waals surface area contributed by atoms with Crippen molar-refractivity contribution in [2.45, 2.75) is 37.5 Å². The molecule has 1 aromatic heterocycles. The summed E-state index contributed by atoms with van der Waals surface area (Å²) in [5.41, 5.74) is 1.80. The molecule has 7 heteroatoms. The van der Waals surface area contributed by atoms with Crippen molar-refractivity contribution in [3.8, 4) is 6.07 Å². The molecule has 0 fully saturated rings. The number of pyridine rings is 1. The molecule has 4 rings (SSSR count). The third-order valence-electron chi connectivity index (χ3n) is 5.69. The van der Waals surface area contributed by atoms with E-state index in [-0.39, 0.29) is 11.6 Å². The number of hydrogen-bond donors (Lipinski definition) is 2. The Bertz CT molecular complexity index is 1060. The summed E-state index contributed by atoms with van der Waals surface area (Å²) in [5, 5.41) is 16.2. The molecular formula is C23H21F3N4. The third kappa shape index (κ3) is 3.83. The van der Waals surface area contributed by atoms with Gasteiger partial charge in [0.05, 0.1) is 17.2 Å². The molecule has 0 bridgehead atoms. The standard InChI is InChI=1S/C23H21F3N4/c1-22(30-19-5-8-28-9-6-19)12-17(11-16-4-7-29-14-21(16)22)15-2-3-20(23(24,25)26)18(10-15)13-27/h2-5,7-8,10-11,14,19,28,30H,6,9,12H2,1H3. The number of nitrogens with zero attached hydrogens (tertiary/aromatic N) is 2. The van der Waals surface area contributed by atoms with Crippen LogP contribution in [0, 0.1) is 11.3 Å². The van der Waals surface area contributed by atoms with Crippen LogP contribution < -0.4 is 10.6 Å². The summed E-state index contributed by atoms with van der Waals surface area (Å²) in [4.78, 5) is 4.28. The summed E-state index contributed by atoms with van der Waals surface area (Å²) in [7, 11) is 0. The molecule has 2 unspecified atom stereocenters. The molecule has 4 nitrogen and oxygen atoms in total. The first kappa shape index (κ1) is 20.2. The van der Waals surface area contributed by atoms with Crippen LogP contribution in [0.1, 0.15) is 47.6 Å². The van der Waals surface area contributed by atoms with Crippen LogP contribution >= 0.6 is 0 Å². The second-order valence-corrected chi connectivity index (χ2v) is 7.86. The molecule has 2 aromatic rings. The maximum absolute atomic E-state index is 13.2. The van der Waals surface area contributed by atoms with Gasteiger partial charge in [0.25, 0.3) is 0 Å². The molecule has 2 heterocycles. The largest absolute Gasteiger partial charge is 0.417 e. The Hall–Kier alpha value is -3.11. The first-order valence-electron chi connectivity index (χ1n) is 9.75. The molecule has 0 radical (unpaired) electrons. The smallest absolute Gasteiger partial charge is 0.391 e. The summed E-state index contributed by atoms with van der Waals surface area (Å²) >= 11 is 0. The normalized spacial score (nSPS) is 23.2. The fourth-order valence-electron chi connectivity index (χ4n) is 4.24. The minimum atomic E-state index is -4.56. The maximum Gasteiger partial charge on any atom is 0.417 e. The van der Waals surface area contributed by atoms with E-state index in [0.717, 1.165) is 35.7 Å². The van der Waals surface area contributed by atoms with E-state index in [1.807, 2.05) is 24.5 Å². The van der Waals surface area contributed by atoms with Gasteiger partial charge in [-0.05, 0) is 66.4 Å². The van der Waals surface area contributed by atoms with Crippen molar-refractivity contribution >= 4 is 11.6 Å². The van der Waals surface area contributed by atoms with Gasteiger partial charge < -0.3 is 10.6 Å². The Balaban J connectivity index is 1.75. The second kappa shape index (κ2) is 7.62. The molecule has 2 N–H and O–H groups in total. The van der Waals surface area contributed by atoms with E-state index in [2.05, 4.69) is 28.6 Å². The number of hydrogen-bond acceptors (Lipinski definition) is 4. The van der Waals surface area contributed by atoms with E-state index >= 15 is 0 Å². The Morgan fingerprint density at radius 1 is 1.30 bits per heavy atom. The van der Waals surface area contributed by atoms with Crippen LogP contribution in [0.15, 0.2) is 48.9 Å². The lowest BCUT2D eigenvalue weighted by atomic mass is 9.76. The fraction of sp³-hybridized carbons (Fsp3) is 0.304. The number of fused-ring (bicyclic) bond motifs is 1. The van der Waals surface area contributed by atoms with Gasteiger partial charge in [0.1, 0.15) is 0 Å². The Kier molecular flexibility index (Phi) is 5.12. The van der Waals surface area contributed by atoms with E-state index in [1.54, 1.807) is 12.3 Å². The maximum atomic E-state index is 13.2. The second-order valence-electron chi connectivity index (χ2n) is 7.86. The lowest BCUT2D eigenvalue weighted by molar-refractivity contribution is -0.137. The van der Waals surface area contributed by atoms with Gasteiger partial charge in [0.2, 0.25) is 0 Å². The molecule has 1 aliphatic carbocycles. The highest BCUT2D eigenvalue weighted by Crippen LogP contribution is 2.42. The van der Waals surface area contributed by atoms with E-state index in [9.17, 15) is 18.4 Å². The predicted octanol–water partition coefficient (Wildman–Crippen LogP) is 4.60. The van der Waals surface area contributed by atoms with Crippen molar-refractivity contribution in [1.29, 1.82) is 5.26 Å². The van der Waals surface area contributed by atoms with Gasteiger partial charge in [-0.2, -0.15) is 18.4 Å². The minimum absolute atomic E-state index is 0.172. The predicted molar refractivity (Wildman–Crippen MR) is 109 cm³/mol. The van der Waals surface area contributed by atoms with Crippen molar-refractivity contribution in [2.75, 3.05) is 6.54 Å². The van der Waals surface area contributed by atoms with Crippen molar-refractivity contribution < 1.29 is 13.2 Å². The quantitative estimate of drug-likeness (QED) is 0.777. The number of nitriles is 1. The van der Waals surface area contributed by atoms with Crippen LogP contribution in [0.4, 0.5) is 13.2 Å². The van der Waals surface area contributed by atoms with E-state index in [0.29, 0.717) is 12.0 Å². The summed E-state index contributed by atoms with van der Waals surface area (Å²) < 4.78 is 39.6. The first-order valence-corrected chi connectivity index (χ1v) is 9.75. The van der Waals surface area contributed by atoms with Gasteiger partial charge in [-0.15, -0.1) is 0 Å². The van der Waals surface area contributed by atoms with Crippen molar-refractivity contribution in [3.63, 3.8) is 0 Å². The summed E-state index contributed by atoms with van der Waals surface area (Å²) in [5.74, 6) is 0. The van der Waals surface area contributed by atoms with Crippen LogP contribution in [0.3, 0.4) is 0 Å². The lowest BCUT2D eigenvalue weighted by Crippen LogP contribution is -2.48. The van der Waals surface area contributed by atoms with E-state index < -0.39 is 17.3 Å². The number of benzene rings is 1. The molecular weight excluding hydrogens is 389 g/mol. The van der Waals surface area contributed by atoms with Crippen LogP contribution in [-0.4, -0.2) is 17.6 Å². The zero-order valence-electron chi connectivity index (χ0n) is 16.4. The van der Waals surface area contributed by atoms with Gasteiger partial charge in [-0.3, -0.25) is 4.98 Å². The fourth-order valence-corrected chi connectivity index (χ4v) is 4.24. The molecule has 0 spiro atoms. The van der Waals surface area contributed by atoms with Crippen LogP contribution in [0.2, 0.25) is 0 Å². The number of rotatable bonds is 3. The molecule has 30 heavy (non-hydrogen) atoms. The number of aromatic nitrogens is 1. The van der Waals surface area contributed by atoms with Crippen molar-refractivity contribution in [2.24, 2.45) is 0 Å².